The minimum atomic E-state index is -0.780. The van der Waals surface area contributed by atoms with Crippen molar-refractivity contribution in [3.05, 3.63) is 118 Å². The van der Waals surface area contributed by atoms with Gasteiger partial charge in [0.15, 0.2) is 0 Å². The maximum absolute atomic E-state index is 12.7. The number of amides is 2. The number of hydrogen-bond acceptors (Lipinski definition) is 8. The van der Waals surface area contributed by atoms with Crippen LogP contribution in [-0.4, -0.2) is 35.7 Å². The maximum atomic E-state index is 12.7. The van der Waals surface area contributed by atoms with Gasteiger partial charge < -0.3 is 20.1 Å². The van der Waals surface area contributed by atoms with E-state index < -0.39 is 35.7 Å². The second kappa shape index (κ2) is 9.44. The van der Waals surface area contributed by atoms with E-state index in [9.17, 15) is 28.8 Å². The lowest BCUT2D eigenvalue weighted by molar-refractivity contribution is 0.0425. The van der Waals surface area contributed by atoms with Crippen molar-refractivity contribution in [2.75, 3.05) is 10.6 Å². The molecule has 2 heterocycles. The molecule has 4 aromatic rings. The molecule has 0 saturated carbocycles. The van der Waals surface area contributed by atoms with Crippen LogP contribution in [0.1, 0.15) is 62.1 Å². The zero-order chi connectivity index (χ0) is 28.0. The normalized spacial score (nSPS) is 13.3. The average molecular weight is 532 g/mol. The fourth-order valence-electron chi connectivity index (χ4n) is 4.35. The average Bonchev–Trinajstić information content (AvgIpc) is 3.41. The second-order valence-electron chi connectivity index (χ2n) is 8.94. The van der Waals surface area contributed by atoms with Gasteiger partial charge in [-0.05, 0) is 71.8 Å². The molecule has 10 heteroatoms. The van der Waals surface area contributed by atoms with Gasteiger partial charge in [0.05, 0.1) is 22.3 Å². The highest BCUT2D eigenvalue weighted by atomic mass is 16.6. The molecule has 40 heavy (non-hydrogen) atoms. The van der Waals surface area contributed by atoms with Gasteiger partial charge >= 0.3 is 23.9 Å². The van der Waals surface area contributed by atoms with Crippen molar-refractivity contribution >= 4 is 47.1 Å². The molecule has 10 nitrogen and oxygen atoms in total. The smallest absolute Gasteiger partial charge is 0.346 e. The summed E-state index contributed by atoms with van der Waals surface area (Å²) in [5.41, 5.74) is 3.55. The quantitative estimate of drug-likeness (QED) is 0.283. The number of cyclic esters (lactones) is 4. The standard InChI is InChI=1S/C30H16N2O8/c33-25(17-5-11-21-23(13-17)29(37)39-27(21)35)31-19-7-1-15(2-8-19)16-3-9-20(10-4-16)32-26(34)18-6-12-22-24(14-18)30(38)40-28(22)36/h1-14H,(H,31,33)(H,32,34). The molecule has 0 atom stereocenters. The highest BCUT2D eigenvalue weighted by Crippen LogP contribution is 2.26. The molecule has 6 rings (SSSR count). The summed E-state index contributed by atoms with van der Waals surface area (Å²) in [7, 11) is 0. The van der Waals surface area contributed by atoms with E-state index in [2.05, 4.69) is 20.1 Å². The molecule has 2 amide bonds. The molecule has 4 aromatic carbocycles. The molecule has 0 bridgehead atoms. The molecule has 0 spiro atoms. The highest BCUT2D eigenvalue weighted by molar-refractivity contribution is 6.17. The van der Waals surface area contributed by atoms with Crippen LogP contribution in [0.15, 0.2) is 84.9 Å². The Hall–Kier alpha value is -5.90. The van der Waals surface area contributed by atoms with Gasteiger partial charge in [-0.25, -0.2) is 19.2 Å². The van der Waals surface area contributed by atoms with Crippen LogP contribution in [0.4, 0.5) is 11.4 Å². The van der Waals surface area contributed by atoms with E-state index in [4.69, 9.17) is 0 Å². The Morgan fingerprint density at radius 1 is 0.450 bits per heavy atom. The van der Waals surface area contributed by atoms with E-state index in [-0.39, 0.29) is 33.4 Å². The first kappa shape index (κ1) is 24.4. The van der Waals surface area contributed by atoms with Gasteiger partial charge in [0.25, 0.3) is 11.8 Å². The van der Waals surface area contributed by atoms with Crippen LogP contribution in [0, 0.1) is 0 Å². The minimum Gasteiger partial charge on any atom is -0.386 e. The molecular formula is C30H16N2O8. The number of ether oxygens (including phenoxy) is 2. The van der Waals surface area contributed by atoms with Crippen molar-refractivity contribution in [1.29, 1.82) is 0 Å². The van der Waals surface area contributed by atoms with Crippen molar-refractivity contribution in [3.63, 3.8) is 0 Å². The van der Waals surface area contributed by atoms with Gasteiger partial charge in [-0.1, -0.05) is 24.3 Å². The number of benzene rings is 4. The Labute approximate surface area is 225 Å². The lowest BCUT2D eigenvalue weighted by Crippen LogP contribution is -2.12. The number of anilines is 2. The predicted molar refractivity (Wildman–Crippen MR) is 140 cm³/mol. The lowest BCUT2D eigenvalue weighted by atomic mass is 10.0. The molecule has 0 fully saturated rings. The van der Waals surface area contributed by atoms with Crippen LogP contribution in [0.3, 0.4) is 0 Å². The number of fused-ring (bicyclic) bond motifs is 2. The molecular weight excluding hydrogens is 516 g/mol. The first-order chi connectivity index (χ1) is 19.3. The van der Waals surface area contributed by atoms with Crippen LogP contribution in [0.25, 0.3) is 11.1 Å². The lowest BCUT2D eigenvalue weighted by Gasteiger charge is -2.09. The van der Waals surface area contributed by atoms with Gasteiger partial charge in [-0.2, -0.15) is 0 Å². The molecule has 2 aliphatic rings. The van der Waals surface area contributed by atoms with E-state index in [1.807, 2.05) is 24.3 Å². The number of hydrogen-bond donors (Lipinski definition) is 2. The third kappa shape index (κ3) is 4.39. The fourth-order valence-corrected chi connectivity index (χ4v) is 4.35. The molecule has 194 valence electrons. The van der Waals surface area contributed by atoms with Crippen molar-refractivity contribution in [3.8, 4) is 11.1 Å². The summed E-state index contributed by atoms with van der Waals surface area (Å²) in [5.74, 6) is -3.92. The first-order valence-electron chi connectivity index (χ1n) is 11.9. The Morgan fingerprint density at radius 3 is 1.18 bits per heavy atom. The van der Waals surface area contributed by atoms with Crippen molar-refractivity contribution in [2.24, 2.45) is 0 Å². The van der Waals surface area contributed by atoms with Crippen molar-refractivity contribution in [2.45, 2.75) is 0 Å². The first-order valence-corrected chi connectivity index (χ1v) is 11.9. The summed E-state index contributed by atoms with van der Waals surface area (Å²) in [5, 5.41) is 5.50. The summed E-state index contributed by atoms with van der Waals surface area (Å²) in [4.78, 5) is 72.0. The maximum Gasteiger partial charge on any atom is 0.346 e. The number of esters is 4. The summed E-state index contributed by atoms with van der Waals surface area (Å²) >= 11 is 0. The monoisotopic (exact) mass is 532 g/mol. The number of rotatable bonds is 5. The number of nitrogens with one attached hydrogen (secondary N) is 2. The molecule has 0 aromatic heterocycles. The second-order valence-corrected chi connectivity index (χ2v) is 8.94. The molecule has 0 unspecified atom stereocenters. The van der Waals surface area contributed by atoms with E-state index in [1.54, 1.807) is 24.3 Å². The third-order valence-corrected chi connectivity index (χ3v) is 6.43. The molecule has 0 radical (unpaired) electrons. The van der Waals surface area contributed by atoms with Crippen LogP contribution >= 0.6 is 0 Å². The predicted octanol–water partition coefficient (Wildman–Crippen LogP) is 4.48. The third-order valence-electron chi connectivity index (χ3n) is 6.43. The Kier molecular flexibility index (Phi) is 5.77. The summed E-state index contributed by atoms with van der Waals surface area (Å²) < 4.78 is 9.10. The van der Waals surface area contributed by atoms with Crippen molar-refractivity contribution in [1.82, 2.24) is 0 Å². The van der Waals surface area contributed by atoms with E-state index in [0.29, 0.717) is 11.4 Å². The number of carbonyl (C=O) groups excluding carboxylic acids is 6. The van der Waals surface area contributed by atoms with E-state index >= 15 is 0 Å². The summed E-state index contributed by atoms with van der Waals surface area (Å²) in [6.07, 6.45) is 0. The van der Waals surface area contributed by atoms with Crippen LogP contribution < -0.4 is 10.6 Å². The Balaban J connectivity index is 1.10. The fraction of sp³-hybridized carbons (Fsp3) is 0. The van der Waals surface area contributed by atoms with E-state index in [1.165, 1.54) is 36.4 Å². The Morgan fingerprint density at radius 2 is 0.800 bits per heavy atom. The molecule has 0 saturated heterocycles. The largest absolute Gasteiger partial charge is 0.386 e. The van der Waals surface area contributed by atoms with Crippen LogP contribution in [-0.2, 0) is 9.47 Å². The number of carbonyl (C=O) groups is 6. The topological polar surface area (TPSA) is 145 Å². The minimum absolute atomic E-state index is 0.0566. The summed E-state index contributed by atoms with van der Waals surface area (Å²) in [6, 6.07) is 22.4. The van der Waals surface area contributed by atoms with Gasteiger partial charge in [0.1, 0.15) is 0 Å². The highest BCUT2D eigenvalue weighted by Gasteiger charge is 2.31. The van der Waals surface area contributed by atoms with Gasteiger partial charge in [-0.15, -0.1) is 0 Å². The van der Waals surface area contributed by atoms with E-state index in [0.717, 1.165) is 11.1 Å². The van der Waals surface area contributed by atoms with Crippen molar-refractivity contribution < 1.29 is 38.2 Å². The van der Waals surface area contributed by atoms with Gasteiger partial charge in [0, 0.05) is 22.5 Å². The van der Waals surface area contributed by atoms with Crippen LogP contribution in [0.5, 0.6) is 0 Å². The molecule has 2 aliphatic heterocycles. The molecule has 0 aliphatic carbocycles. The van der Waals surface area contributed by atoms with Gasteiger partial charge in [0.2, 0.25) is 0 Å². The SMILES string of the molecule is O=C(Nc1ccc(-c2ccc(NC(=O)c3ccc4c(c3)C(=O)OC4=O)cc2)cc1)c1ccc2c(c1)C(=O)OC2=O. The van der Waals surface area contributed by atoms with Gasteiger partial charge in [-0.3, -0.25) is 9.59 Å². The summed E-state index contributed by atoms with van der Waals surface area (Å²) in [6.45, 7) is 0. The zero-order valence-corrected chi connectivity index (χ0v) is 20.3. The Bertz CT molecular complexity index is 1660. The van der Waals surface area contributed by atoms with Crippen LogP contribution in [0.2, 0.25) is 0 Å². The zero-order valence-electron chi connectivity index (χ0n) is 20.3. The molecule has 2 N–H and O–H groups in total.